The summed E-state index contributed by atoms with van der Waals surface area (Å²) in [5, 5.41) is 10.9. The molecule has 0 bridgehead atoms. The van der Waals surface area contributed by atoms with E-state index in [1.165, 1.54) is 0 Å². The molecule has 3 rings (SSSR count). The molecule has 1 unspecified atom stereocenters. The molecule has 3 aromatic rings. The SMILES string of the molecule is CC(Cl)c1nc2ccc(C#N)cc2n1CCc1cscn1. The first-order valence-corrected chi connectivity index (χ1v) is 7.98. The number of aromatic nitrogens is 3. The van der Waals surface area contributed by atoms with E-state index in [0.717, 1.165) is 35.5 Å². The van der Waals surface area contributed by atoms with Crippen molar-refractivity contribution in [3.63, 3.8) is 0 Å². The Hall–Kier alpha value is -1.90. The van der Waals surface area contributed by atoms with Crippen LogP contribution in [0.3, 0.4) is 0 Å². The van der Waals surface area contributed by atoms with Crippen molar-refractivity contribution in [2.24, 2.45) is 0 Å². The van der Waals surface area contributed by atoms with Gasteiger partial charge in [-0.25, -0.2) is 9.97 Å². The van der Waals surface area contributed by atoms with Gasteiger partial charge in [0.2, 0.25) is 0 Å². The van der Waals surface area contributed by atoms with Crippen molar-refractivity contribution >= 4 is 34.0 Å². The first-order valence-electron chi connectivity index (χ1n) is 6.60. The molecule has 0 spiro atoms. The highest BCUT2D eigenvalue weighted by atomic mass is 35.5. The molecule has 1 aromatic carbocycles. The monoisotopic (exact) mass is 316 g/mol. The summed E-state index contributed by atoms with van der Waals surface area (Å²) in [4.78, 5) is 8.89. The van der Waals surface area contributed by atoms with Crippen LogP contribution in [0.1, 0.15) is 29.4 Å². The highest BCUT2D eigenvalue weighted by Crippen LogP contribution is 2.25. The van der Waals surface area contributed by atoms with Gasteiger partial charge >= 0.3 is 0 Å². The maximum Gasteiger partial charge on any atom is 0.127 e. The summed E-state index contributed by atoms with van der Waals surface area (Å²) >= 11 is 7.84. The molecule has 0 aliphatic heterocycles. The standard InChI is InChI=1S/C15H13ClN4S/c1-10(16)15-19-13-3-2-11(7-17)6-14(13)20(15)5-4-12-8-21-9-18-12/h2-3,6,8-10H,4-5H2,1H3. The average molecular weight is 317 g/mol. The molecule has 0 aliphatic rings. The second-order valence-electron chi connectivity index (χ2n) is 4.78. The van der Waals surface area contributed by atoms with Gasteiger partial charge in [0.05, 0.1) is 39.2 Å². The average Bonchev–Trinajstić information content (AvgIpc) is 3.11. The van der Waals surface area contributed by atoms with E-state index in [9.17, 15) is 0 Å². The second kappa shape index (κ2) is 5.84. The van der Waals surface area contributed by atoms with Crippen LogP contribution < -0.4 is 0 Å². The topological polar surface area (TPSA) is 54.5 Å². The zero-order valence-electron chi connectivity index (χ0n) is 11.5. The van der Waals surface area contributed by atoms with Gasteiger partial charge in [-0.05, 0) is 25.1 Å². The van der Waals surface area contributed by atoms with Crippen LogP contribution in [0.5, 0.6) is 0 Å². The number of hydrogen-bond donors (Lipinski definition) is 0. The van der Waals surface area contributed by atoms with Crippen molar-refractivity contribution in [2.75, 3.05) is 0 Å². The molecule has 2 heterocycles. The Bertz CT molecular complexity index is 799. The lowest BCUT2D eigenvalue weighted by molar-refractivity contribution is 0.662. The highest BCUT2D eigenvalue weighted by Gasteiger charge is 2.15. The van der Waals surface area contributed by atoms with E-state index in [-0.39, 0.29) is 5.38 Å². The van der Waals surface area contributed by atoms with Gasteiger partial charge in [-0.15, -0.1) is 22.9 Å². The predicted octanol–water partition coefficient (Wildman–Crippen LogP) is 3.91. The van der Waals surface area contributed by atoms with Crippen molar-refractivity contribution < 1.29 is 0 Å². The summed E-state index contributed by atoms with van der Waals surface area (Å²) in [6, 6.07) is 7.69. The summed E-state index contributed by atoms with van der Waals surface area (Å²) in [6.07, 6.45) is 0.822. The number of imidazole rings is 1. The van der Waals surface area contributed by atoms with Crippen LogP contribution in [-0.2, 0) is 13.0 Å². The van der Waals surface area contributed by atoms with Crippen LogP contribution in [0.15, 0.2) is 29.1 Å². The number of aryl methyl sites for hydroxylation is 2. The normalized spacial score (nSPS) is 12.4. The van der Waals surface area contributed by atoms with Gasteiger partial charge in [0.25, 0.3) is 0 Å². The minimum absolute atomic E-state index is 0.182. The maximum absolute atomic E-state index is 9.07. The molecule has 0 saturated heterocycles. The molecule has 0 aliphatic carbocycles. The number of benzene rings is 1. The molecule has 1 atom stereocenters. The van der Waals surface area contributed by atoms with Crippen LogP contribution >= 0.6 is 22.9 Å². The minimum atomic E-state index is -0.182. The van der Waals surface area contributed by atoms with E-state index in [2.05, 4.69) is 20.6 Å². The first-order chi connectivity index (χ1) is 10.2. The van der Waals surface area contributed by atoms with Crippen LogP contribution in [0.2, 0.25) is 0 Å². The maximum atomic E-state index is 9.07. The molecule has 6 heteroatoms. The van der Waals surface area contributed by atoms with E-state index in [4.69, 9.17) is 16.9 Å². The molecule has 0 N–H and O–H groups in total. The van der Waals surface area contributed by atoms with Crippen LogP contribution in [-0.4, -0.2) is 14.5 Å². The molecule has 21 heavy (non-hydrogen) atoms. The Morgan fingerprint density at radius 1 is 1.48 bits per heavy atom. The van der Waals surface area contributed by atoms with Gasteiger partial charge in [-0.2, -0.15) is 5.26 Å². The fourth-order valence-corrected chi connectivity index (χ4v) is 3.10. The molecule has 0 amide bonds. The van der Waals surface area contributed by atoms with Gasteiger partial charge in [0, 0.05) is 18.3 Å². The predicted molar refractivity (Wildman–Crippen MR) is 84.5 cm³/mol. The van der Waals surface area contributed by atoms with Crippen LogP contribution in [0.4, 0.5) is 0 Å². The third-order valence-electron chi connectivity index (χ3n) is 3.34. The summed E-state index contributed by atoms with van der Waals surface area (Å²) in [6.45, 7) is 2.66. The fraction of sp³-hybridized carbons (Fsp3) is 0.267. The van der Waals surface area contributed by atoms with Crippen molar-refractivity contribution in [3.8, 4) is 6.07 Å². The Labute approximate surface area is 131 Å². The van der Waals surface area contributed by atoms with Gasteiger partial charge in [-0.1, -0.05) is 0 Å². The van der Waals surface area contributed by atoms with Crippen molar-refractivity contribution in [3.05, 3.63) is 46.2 Å². The van der Waals surface area contributed by atoms with E-state index >= 15 is 0 Å². The van der Waals surface area contributed by atoms with Gasteiger partial charge < -0.3 is 4.57 Å². The smallest absolute Gasteiger partial charge is 0.127 e. The second-order valence-corrected chi connectivity index (χ2v) is 6.16. The van der Waals surface area contributed by atoms with Crippen molar-refractivity contribution in [2.45, 2.75) is 25.3 Å². The molecular weight excluding hydrogens is 304 g/mol. The Balaban J connectivity index is 2.04. The minimum Gasteiger partial charge on any atom is -0.326 e. The molecule has 2 aromatic heterocycles. The van der Waals surface area contributed by atoms with Gasteiger partial charge in [0.15, 0.2) is 0 Å². The molecule has 0 fully saturated rings. The fourth-order valence-electron chi connectivity index (χ4n) is 2.34. The molecule has 4 nitrogen and oxygen atoms in total. The number of alkyl halides is 1. The Morgan fingerprint density at radius 3 is 3.00 bits per heavy atom. The molecule has 0 radical (unpaired) electrons. The van der Waals surface area contributed by atoms with Crippen LogP contribution in [0.25, 0.3) is 11.0 Å². The number of nitrogens with zero attached hydrogens (tertiary/aromatic N) is 4. The first kappa shape index (κ1) is 14.1. The number of hydrogen-bond acceptors (Lipinski definition) is 4. The number of rotatable bonds is 4. The van der Waals surface area contributed by atoms with E-state index in [0.29, 0.717) is 5.56 Å². The summed E-state index contributed by atoms with van der Waals surface area (Å²) in [7, 11) is 0. The largest absolute Gasteiger partial charge is 0.326 e. The van der Waals surface area contributed by atoms with Crippen molar-refractivity contribution in [1.29, 1.82) is 5.26 Å². The molecule has 106 valence electrons. The lowest BCUT2D eigenvalue weighted by Gasteiger charge is -2.09. The third kappa shape index (κ3) is 2.78. The Kier molecular flexibility index (Phi) is 3.91. The number of halogens is 1. The van der Waals surface area contributed by atoms with Crippen LogP contribution in [0, 0.1) is 11.3 Å². The van der Waals surface area contributed by atoms with Gasteiger partial charge in [0.1, 0.15) is 5.82 Å². The summed E-state index contributed by atoms with van der Waals surface area (Å²) in [5.41, 5.74) is 5.35. The summed E-state index contributed by atoms with van der Waals surface area (Å²) < 4.78 is 2.09. The quantitative estimate of drug-likeness (QED) is 0.686. The molecular formula is C15H13ClN4S. The van der Waals surface area contributed by atoms with E-state index in [1.807, 2.05) is 29.9 Å². The van der Waals surface area contributed by atoms with Gasteiger partial charge in [-0.3, -0.25) is 0 Å². The summed E-state index contributed by atoms with van der Waals surface area (Å²) in [5.74, 6) is 0.831. The molecule has 0 saturated carbocycles. The number of thiazole rings is 1. The Morgan fingerprint density at radius 2 is 2.33 bits per heavy atom. The lowest BCUT2D eigenvalue weighted by Crippen LogP contribution is -2.07. The van der Waals surface area contributed by atoms with E-state index in [1.54, 1.807) is 17.4 Å². The zero-order chi connectivity index (χ0) is 14.8. The highest BCUT2D eigenvalue weighted by molar-refractivity contribution is 7.07. The number of nitriles is 1. The lowest BCUT2D eigenvalue weighted by atomic mass is 10.2. The zero-order valence-corrected chi connectivity index (χ0v) is 13.0. The third-order valence-corrected chi connectivity index (χ3v) is 4.17. The van der Waals surface area contributed by atoms with Crippen molar-refractivity contribution in [1.82, 2.24) is 14.5 Å². The van der Waals surface area contributed by atoms with E-state index < -0.39 is 0 Å². The number of fused-ring (bicyclic) bond motifs is 1.